The normalized spacial score (nSPS) is 18.9. The Morgan fingerprint density at radius 3 is 2.39 bits per heavy atom. The first kappa shape index (κ1) is 29.8. The maximum Gasteiger partial charge on any atom is 0.434 e. The van der Waals surface area contributed by atoms with E-state index in [1.807, 2.05) is 0 Å². The van der Waals surface area contributed by atoms with E-state index >= 15 is 0 Å². The van der Waals surface area contributed by atoms with Gasteiger partial charge in [-0.05, 0) is 67.1 Å². The zero-order valence-corrected chi connectivity index (χ0v) is 22.6. The number of hydrogen-bond donors (Lipinski definition) is 1. The lowest BCUT2D eigenvalue weighted by Gasteiger charge is -2.42. The number of nitrogens with zero attached hydrogens (tertiary/aromatic N) is 3. The number of benzene rings is 1. The maximum atomic E-state index is 14.3. The number of carbonyl (C=O) groups excluding carboxylic acids is 1. The van der Waals surface area contributed by atoms with Crippen molar-refractivity contribution < 1.29 is 32.3 Å². The summed E-state index contributed by atoms with van der Waals surface area (Å²) in [5, 5.41) is 16.9. The Kier molecular flexibility index (Phi) is 9.04. The van der Waals surface area contributed by atoms with Gasteiger partial charge < -0.3 is 5.11 Å². The molecule has 10 heteroatoms. The van der Waals surface area contributed by atoms with Gasteiger partial charge in [-0.2, -0.15) is 13.2 Å². The summed E-state index contributed by atoms with van der Waals surface area (Å²) in [4.78, 5) is 24.1. The molecule has 210 valence electrons. The Morgan fingerprint density at radius 2 is 1.84 bits per heavy atom. The third-order valence-electron chi connectivity index (χ3n) is 8.09. The predicted octanol–water partition coefficient (Wildman–Crippen LogP) is 6.92. The summed E-state index contributed by atoms with van der Waals surface area (Å²) in [6, 6.07) is 3.94. The molecule has 1 aromatic carbocycles. The first-order valence-corrected chi connectivity index (χ1v) is 13.1. The molecule has 0 radical (unpaired) electrons. The van der Waals surface area contributed by atoms with Crippen LogP contribution in [0.4, 0.5) is 17.6 Å². The lowest BCUT2D eigenvalue weighted by Crippen LogP contribution is -2.34. The van der Waals surface area contributed by atoms with Crippen LogP contribution in [0.3, 0.4) is 0 Å². The highest BCUT2D eigenvalue weighted by Gasteiger charge is 2.46. The summed E-state index contributed by atoms with van der Waals surface area (Å²) in [5.41, 5.74) is -0.552. The van der Waals surface area contributed by atoms with Gasteiger partial charge in [-0.1, -0.05) is 45.0 Å². The van der Waals surface area contributed by atoms with Crippen molar-refractivity contribution in [3.05, 3.63) is 46.5 Å². The number of Topliss-reactive ketones (excluding diaryl/α,β-unsaturated/α-hetero) is 1. The lowest BCUT2D eigenvalue weighted by molar-refractivity contribution is -0.147. The molecule has 1 heterocycles. The molecule has 0 saturated heterocycles. The van der Waals surface area contributed by atoms with Crippen molar-refractivity contribution in [2.24, 2.45) is 17.3 Å². The van der Waals surface area contributed by atoms with Gasteiger partial charge in [0.15, 0.2) is 5.69 Å². The van der Waals surface area contributed by atoms with E-state index in [0.717, 1.165) is 11.1 Å². The molecule has 38 heavy (non-hydrogen) atoms. The average Bonchev–Trinajstić information content (AvgIpc) is 3.20. The Hall–Kier alpha value is -2.78. The second-order valence-electron chi connectivity index (χ2n) is 11.7. The van der Waals surface area contributed by atoms with Crippen LogP contribution < -0.4 is 0 Å². The molecular formula is C28H37F4N3O3. The van der Waals surface area contributed by atoms with Gasteiger partial charge in [0.05, 0.1) is 11.7 Å². The van der Waals surface area contributed by atoms with Crippen molar-refractivity contribution >= 4 is 11.8 Å². The Bertz CT molecular complexity index is 1150. The molecule has 1 aliphatic rings. The number of rotatable bonds is 12. The quantitative estimate of drug-likeness (QED) is 0.296. The SMILES string of the molecule is Cc1ccc(CC(=O)C[C@H](CCC(=O)O)c2nnn(C3CC(CC(C)(C)C(C)C)C3)c2C(F)(F)F)c(F)c1. The van der Waals surface area contributed by atoms with Crippen molar-refractivity contribution in [3.8, 4) is 0 Å². The first-order valence-electron chi connectivity index (χ1n) is 13.1. The molecule has 3 rings (SSSR count). The number of ketones is 1. The van der Waals surface area contributed by atoms with E-state index in [4.69, 9.17) is 0 Å². The number of carboxylic acids is 1. The number of alkyl halides is 3. The van der Waals surface area contributed by atoms with Crippen molar-refractivity contribution in [1.82, 2.24) is 15.0 Å². The molecule has 0 amide bonds. The molecule has 1 atom stereocenters. The Morgan fingerprint density at radius 1 is 1.18 bits per heavy atom. The molecule has 1 N–H and O–H groups in total. The summed E-state index contributed by atoms with van der Waals surface area (Å²) in [5.74, 6) is -2.64. The minimum Gasteiger partial charge on any atom is -0.481 e. The second kappa shape index (κ2) is 11.5. The van der Waals surface area contributed by atoms with Crippen LogP contribution in [-0.2, 0) is 22.2 Å². The van der Waals surface area contributed by atoms with Gasteiger partial charge in [0.1, 0.15) is 11.6 Å². The van der Waals surface area contributed by atoms with Crippen LogP contribution in [0.2, 0.25) is 0 Å². The van der Waals surface area contributed by atoms with Crippen LogP contribution in [0.1, 0.15) is 101 Å². The average molecular weight is 540 g/mol. The second-order valence-corrected chi connectivity index (χ2v) is 11.7. The molecule has 0 aliphatic heterocycles. The van der Waals surface area contributed by atoms with Crippen LogP contribution in [0.15, 0.2) is 18.2 Å². The third-order valence-corrected chi connectivity index (χ3v) is 8.09. The van der Waals surface area contributed by atoms with E-state index in [1.165, 1.54) is 12.1 Å². The molecule has 1 aliphatic carbocycles. The predicted molar refractivity (Wildman–Crippen MR) is 134 cm³/mol. The molecule has 1 saturated carbocycles. The fourth-order valence-corrected chi connectivity index (χ4v) is 5.15. The van der Waals surface area contributed by atoms with Crippen LogP contribution in [0.25, 0.3) is 0 Å². The van der Waals surface area contributed by atoms with Crippen LogP contribution in [0.5, 0.6) is 0 Å². The molecule has 2 aromatic rings. The topological polar surface area (TPSA) is 85.1 Å². The number of halogens is 4. The highest BCUT2D eigenvalue weighted by Crippen LogP contribution is 2.48. The molecule has 1 aromatic heterocycles. The van der Waals surface area contributed by atoms with Gasteiger partial charge in [0, 0.05) is 25.2 Å². The van der Waals surface area contributed by atoms with Gasteiger partial charge >= 0.3 is 12.1 Å². The number of carbonyl (C=O) groups is 2. The maximum absolute atomic E-state index is 14.3. The molecule has 0 spiro atoms. The minimum atomic E-state index is -4.78. The standard InChI is InChI=1S/C28H37F4N3O3/c1-16(2)27(4,5)15-18-11-21(12-18)35-26(28(30,31)32)25(33-34-35)20(8-9-24(37)38)14-22(36)13-19-7-6-17(3)10-23(19)29/h6-7,10,16,18,20-21H,8-9,11-15H2,1-5H3,(H,37,38)/t18?,20-,21?/m0/s1. The van der Waals surface area contributed by atoms with Gasteiger partial charge in [0.2, 0.25) is 0 Å². The van der Waals surface area contributed by atoms with Crippen molar-refractivity contribution in [2.75, 3.05) is 0 Å². The number of aromatic nitrogens is 3. The summed E-state index contributed by atoms with van der Waals surface area (Å²) < 4.78 is 58.1. The van der Waals surface area contributed by atoms with Crippen molar-refractivity contribution in [3.63, 3.8) is 0 Å². The highest BCUT2D eigenvalue weighted by molar-refractivity contribution is 5.81. The molecule has 0 bridgehead atoms. The summed E-state index contributed by atoms with van der Waals surface area (Å²) >= 11 is 0. The largest absolute Gasteiger partial charge is 0.481 e. The summed E-state index contributed by atoms with van der Waals surface area (Å²) in [7, 11) is 0. The van der Waals surface area contributed by atoms with E-state index in [2.05, 4.69) is 38.0 Å². The number of carboxylic acid groups (broad SMARTS) is 1. The fourth-order valence-electron chi connectivity index (χ4n) is 5.15. The Labute approximate surface area is 220 Å². The van der Waals surface area contributed by atoms with E-state index < -0.39 is 59.9 Å². The summed E-state index contributed by atoms with van der Waals surface area (Å²) in [6.45, 7) is 10.3. The van der Waals surface area contributed by atoms with Crippen LogP contribution in [0, 0.1) is 30.0 Å². The Balaban J connectivity index is 1.83. The van der Waals surface area contributed by atoms with Crippen molar-refractivity contribution in [2.45, 2.75) is 97.7 Å². The van der Waals surface area contributed by atoms with E-state index in [-0.39, 0.29) is 29.7 Å². The molecule has 6 nitrogen and oxygen atoms in total. The van der Waals surface area contributed by atoms with Crippen LogP contribution in [-0.4, -0.2) is 31.9 Å². The van der Waals surface area contributed by atoms with E-state index in [9.17, 15) is 32.3 Å². The van der Waals surface area contributed by atoms with Gasteiger partial charge in [-0.3, -0.25) is 9.59 Å². The fraction of sp³-hybridized carbons (Fsp3) is 0.643. The number of aryl methyl sites for hydroxylation is 1. The third kappa shape index (κ3) is 7.20. The molecular weight excluding hydrogens is 502 g/mol. The minimum absolute atomic E-state index is 0.0647. The molecule has 0 unspecified atom stereocenters. The van der Waals surface area contributed by atoms with Crippen molar-refractivity contribution in [1.29, 1.82) is 0 Å². The smallest absolute Gasteiger partial charge is 0.434 e. The summed E-state index contributed by atoms with van der Waals surface area (Å²) in [6.07, 6.45) is -4.13. The van der Waals surface area contributed by atoms with Gasteiger partial charge in [0.25, 0.3) is 0 Å². The number of aliphatic carboxylic acids is 1. The van der Waals surface area contributed by atoms with E-state index in [1.54, 1.807) is 13.0 Å². The van der Waals surface area contributed by atoms with Gasteiger partial charge in [-0.25, -0.2) is 9.07 Å². The van der Waals surface area contributed by atoms with E-state index in [0.29, 0.717) is 24.3 Å². The molecule has 1 fully saturated rings. The zero-order chi connectivity index (χ0) is 28.4. The van der Waals surface area contributed by atoms with Crippen LogP contribution >= 0.6 is 0 Å². The lowest BCUT2D eigenvalue weighted by atomic mass is 9.67. The van der Waals surface area contributed by atoms with Gasteiger partial charge in [-0.15, -0.1) is 5.10 Å². The number of hydrogen-bond acceptors (Lipinski definition) is 4. The first-order chi connectivity index (χ1) is 17.6. The monoisotopic (exact) mass is 539 g/mol. The highest BCUT2D eigenvalue weighted by atomic mass is 19.4. The zero-order valence-electron chi connectivity index (χ0n) is 22.6.